The highest BCUT2D eigenvalue weighted by molar-refractivity contribution is 6.60. The normalized spacial score (nSPS) is 27.7. The molecule has 0 unspecified atom stereocenters. The third-order valence-electron chi connectivity index (χ3n) is 4.06. The molecule has 0 aliphatic carbocycles. The molecule has 1 aromatic heterocycles. The predicted molar refractivity (Wildman–Crippen MR) is 86.0 cm³/mol. The summed E-state index contributed by atoms with van der Waals surface area (Å²) in [5.74, 6) is -0.106. The van der Waals surface area contributed by atoms with Crippen molar-refractivity contribution in [3.05, 3.63) is 30.1 Å². The van der Waals surface area contributed by atoms with E-state index in [1.807, 2.05) is 0 Å². The summed E-state index contributed by atoms with van der Waals surface area (Å²) < 4.78 is 17.9. The molecule has 126 valence electrons. The maximum absolute atomic E-state index is 12.0. The molecular weight excluding hydrogens is 314 g/mol. The lowest BCUT2D eigenvalue weighted by Gasteiger charge is -2.38. The van der Waals surface area contributed by atoms with Crippen molar-refractivity contribution < 1.29 is 18.1 Å². The van der Waals surface area contributed by atoms with Crippen molar-refractivity contribution >= 4 is 14.7 Å². The molecule has 23 heavy (non-hydrogen) atoms. The first-order valence-electron chi connectivity index (χ1n) is 8.10. The number of hydrogen-bond donors (Lipinski definition) is 1. The molecule has 0 atom stereocenters. The number of pyridine rings is 1. The van der Waals surface area contributed by atoms with Crippen LogP contribution in [0, 0.1) is 0 Å². The molecule has 3 aliphatic rings. The van der Waals surface area contributed by atoms with E-state index in [9.17, 15) is 4.79 Å². The molecule has 3 fully saturated rings. The van der Waals surface area contributed by atoms with Crippen molar-refractivity contribution in [3.8, 4) is 0 Å². The van der Waals surface area contributed by atoms with Crippen molar-refractivity contribution in [2.45, 2.75) is 12.5 Å². The average Bonchev–Trinajstić information content (AvgIpc) is 2.52. The number of aromatic nitrogens is 1. The zero-order valence-corrected chi connectivity index (χ0v) is 14.2. The van der Waals surface area contributed by atoms with Crippen molar-refractivity contribution in [1.29, 1.82) is 0 Å². The number of carbonyl (C=O) groups is 1. The maximum Gasteiger partial charge on any atom is 0.501 e. The Morgan fingerprint density at radius 2 is 1.91 bits per heavy atom. The van der Waals surface area contributed by atoms with Gasteiger partial charge in [0.1, 0.15) is 0 Å². The van der Waals surface area contributed by atoms with E-state index in [-0.39, 0.29) is 5.91 Å². The molecule has 0 aromatic carbocycles. The van der Waals surface area contributed by atoms with Gasteiger partial charge in [0.25, 0.3) is 5.91 Å². The Morgan fingerprint density at radius 3 is 2.52 bits per heavy atom. The first kappa shape index (κ1) is 16.5. The highest BCUT2D eigenvalue weighted by atomic mass is 28.4. The molecule has 3 saturated heterocycles. The highest BCUT2D eigenvalue weighted by Crippen LogP contribution is 2.21. The Kier molecular flexibility index (Phi) is 5.73. The summed E-state index contributed by atoms with van der Waals surface area (Å²) in [6, 6.07) is 4.24. The molecule has 4 heterocycles. The van der Waals surface area contributed by atoms with E-state index in [2.05, 4.69) is 15.2 Å². The van der Waals surface area contributed by atoms with Gasteiger partial charge < -0.3 is 18.6 Å². The first-order valence-corrected chi connectivity index (χ1v) is 10.0. The second-order valence-corrected chi connectivity index (χ2v) is 8.40. The van der Waals surface area contributed by atoms with Crippen LogP contribution < -0.4 is 5.32 Å². The lowest BCUT2D eigenvalue weighted by atomic mass is 10.2. The number of nitrogens with one attached hydrogen (secondary N) is 1. The number of rotatable bonds is 5. The fourth-order valence-corrected chi connectivity index (χ4v) is 5.27. The Hall–Kier alpha value is -1.32. The van der Waals surface area contributed by atoms with Crippen LogP contribution >= 0.6 is 0 Å². The Morgan fingerprint density at radius 1 is 1.22 bits per heavy atom. The minimum Gasteiger partial charge on any atom is -0.372 e. The highest BCUT2D eigenvalue weighted by Gasteiger charge is 2.43. The number of hydrogen-bond acceptors (Lipinski definition) is 6. The van der Waals surface area contributed by atoms with Gasteiger partial charge in [-0.2, -0.15) is 0 Å². The van der Waals surface area contributed by atoms with Crippen LogP contribution in [0.3, 0.4) is 0 Å². The minimum atomic E-state index is -2.57. The molecule has 4 rings (SSSR count). The predicted octanol–water partition coefficient (Wildman–Crippen LogP) is 0.519. The monoisotopic (exact) mass is 337 g/mol. The van der Waals surface area contributed by atoms with Crippen LogP contribution in [0.15, 0.2) is 24.5 Å². The van der Waals surface area contributed by atoms with Crippen LogP contribution in [-0.2, 0) is 13.3 Å². The van der Waals surface area contributed by atoms with Gasteiger partial charge in [-0.05, 0) is 18.6 Å². The number of amides is 1. The van der Waals surface area contributed by atoms with Gasteiger partial charge in [-0.1, -0.05) is 0 Å². The summed E-state index contributed by atoms with van der Waals surface area (Å²) >= 11 is 0. The zero-order valence-electron chi connectivity index (χ0n) is 13.2. The van der Waals surface area contributed by atoms with Gasteiger partial charge in [0.15, 0.2) is 0 Å². The van der Waals surface area contributed by atoms with Crippen LogP contribution in [0.1, 0.15) is 16.8 Å². The summed E-state index contributed by atoms with van der Waals surface area (Å²) in [4.78, 5) is 18.2. The average molecular weight is 337 g/mol. The molecule has 1 aromatic rings. The Bertz CT molecular complexity index is 490. The molecule has 0 saturated carbocycles. The summed E-state index contributed by atoms with van der Waals surface area (Å²) in [5.41, 5.74) is 0.573. The lowest BCUT2D eigenvalue weighted by Crippen LogP contribution is -2.55. The van der Waals surface area contributed by atoms with Gasteiger partial charge >= 0.3 is 8.80 Å². The summed E-state index contributed by atoms with van der Waals surface area (Å²) in [6.07, 6.45) is 3.99. The van der Waals surface area contributed by atoms with E-state index in [0.717, 1.165) is 32.1 Å². The smallest absolute Gasteiger partial charge is 0.372 e. The molecule has 1 N–H and O–H groups in total. The standard InChI is InChI=1S/C15H23N3O4Si/c19-15(14-3-1-4-16-13-14)17-5-2-12-23-20-9-6-18(7-10-21-23)8-11-22-23/h1,3-4,13H,2,5-12H2,(H,17,19). The van der Waals surface area contributed by atoms with Crippen molar-refractivity contribution in [2.75, 3.05) is 46.0 Å². The number of carbonyl (C=O) groups excluding carboxylic acids is 1. The second-order valence-electron chi connectivity index (χ2n) is 5.67. The number of nitrogens with zero attached hydrogens (tertiary/aromatic N) is 2. The first-order chi connectivity index (χ1) is 11.3. The second kappa shape index (κ2) is 7.98. The molecule has 0 spiro atoms. The fourth-order valence-electron chi connectivity index (χ4n) is 2.77. The number of fused-ring (bicyclic) bond motifs is 6. The molecule has 8 heteroatoms. The SMILES string of the molecule is O=C(NCCC[Si]12OCCN(CCO1)CCO2)c1cccnc1. The summed E-state index contributed by atoms with van der Waals surface area (Å²) in [6.45, 7) is 5.39. The minimum absolute atomic E-state index is 0.106. The molecule has 0 radical (unpaired) electrons. The molecule has 3 aliphatic heterocycles. The van der Waals surface area contributed by atoms with Gasteiger partial charge in [-0.25, -0.2) is 0 Å². The van der Waals surface area contributed by atoms with Crippen molar-refractivity contribution in [2.24, 2.45) is 0 Å². The van der Waals surface area contributed by atoms with Crippen LogP contribution in [-0.4, -0.2) is 70.6 Å². The van der Waals surface area contributed by atoms with Crippen molar-refractivity contribution in [3.63, 3.8) is 0 Å². The van der Waals surface area contributed by atoms with Gasteiger partial charge in [-0.3, -0.25) is 14.7 Å². The van der Waals surface area contributed by atoms with Crippen LogP contribution in [0.25, 0.3) is 0 Å². The van der Waals surface area contributed by atoms with Gasteiger partial charge in [0.2, 0.25) is 0 Å². The van der Waals surface area contributed by atoms with Gasteiger partial charge in [0, 0.05) is 44.6 Å². The largest absolute Gasteiger partial charge is 0.501 e. The van der Waals surface area contributed by atoms with Gasteiger partial charge in [-0.15, -0.1) is 0 Å². The summed E-state index contributed by atoms with van der Waals surface area (Å²) in [7, 11) is -2.57. The third-order valence-corrected chi connectivity index (χ3v) is 6.96. The molecular formula is C15H23N3O4Si. The van der Waals surface area contributed by atoms with E-state index in [0.29, 0.717) is 31.9 Å². The zero-order chi connectivity index (χ0) is 16.0. The van der Waals surface area contributed by atoms with E-state index in [1.54, 1.807) is 24.5 Å². The van der Waals surface area contributed by atoms with E-state index in [4.69, 9.17) is 13.3 Å². The topological polar surface area (TPSA) is 72.9 Å². The van der Waals surface area contributed by atoms with E-state index < -0.39 is 8.80 Å². The van der Waals surface area contributed by atoms with Crippen molar-refractivity contribution in [1.82, 2.24) is 15.2 Å². The van der Waals surface area contributed by atoms with Crippen LogP contribution in [0.2, 0.25) is 6.04 Å². The lowest BCUT2D eigenvalue weighted by molar-refractivity contribution is -0.00851. The van der Waals surface area contributed by atoms with Gasteiger partial charge in [0.05, 0.1) is 25.4 Å². The fraction of sp³-hybridized carbons (Fsp3) is 0.600. The Labute approximate surface area is 137 Å². The van der Waals surface area contributed by atoms with Crippen LogP contribution in [0.5, 0.6) is 0 Å². The quantitative estimate of drug-likeness (QED) is 0.624. The van der Waals surface area contributed by atoms with E-state index >= 15 is 0 Å². The third kappa shape index (κ3) is 4.58. The Balaban J connectivity index is 1.46. The summed E-state index contributed by atoms with van der Waals surface area (Å²) in [5, 5.41) is 2.90. The molecule has 1 amide bonds. The maximum atomic E-state index is 12.0. The van der Waals surface area contributed by atoms with E-state index in [1.165, 1.54) is 0 Å². The van der Waals surface area contributed by atoms with Crippen LogP contribution in [0.4, 0.5) is 0 Å². The molecule has 2 bridgehead atoms. The molecule has 7 nitrogen and oxygen atoms in total.